The lowest BCUT2D eigenvalue weighted by Gasteiger charge is -2.15. The lowest BCUT2D eigenvalue weighted by molar-refractivity contribution is 0.0802. The summed E-state index contributed by atoms with van der Waals surface area (Å²) in [6.45, 7) is 3.02. The van der Waals surface area contributed by atoms with E-state index in [1.54, 1.807) is 36.2 Å². The lowest BCUT2D eigenvalue weighted by Crippen LogP contribution is -2.38. The molecule has 3 N–H and O–H groups in total. The van der Waals surface area contributed by atoms with Gasteiger partial charge in [0.15, 0.2) is 0 Å². The number of carbonyl (C=O) groups excluding carboxylic acids is 2. The average Bonchev–Trinajstić information content (AvgIpc) is 3.35. The largest absolute Gasteiger partial charge is 0.350 e. The van der Waals surface area contributed by atoms with Crippen molar-refractivity contribution in [1.29, 1.82) is 0 Å². The second-order valence-electron chi connectivity index (χ2n) is 5.61. The Morgan fingerprint density at radius 1 is 1.36 bits per heavy atom. The van der Waals surface area contributed by atoms with Crippen LogP contribution in [0.15, 0.2) is 24.3 Å². The van der Waals surface area contributed by atoms with Gasteiger partial charge in [-0.2, -0.15) is 0 Å². The van der Waals surface area contributed by atoms with Crippen molar-refractivity contribution in [2.45, 2.75) is 25.8 Å². The highest BCUT2D eigenvalue weighted by Crippen LogP contribution is 2.31. The number of nitrogens with zero attached hydrogens (tertiary/aromatic N) is 1. The van der Waals surface area contributed by atoms with E-state index in [0.29, 0.717) is 30.1 Å². The van der Waals surface area contributed by atoms with E-state index in [0.717, 1.165) is 12.8 Å². The van der Waals surface area contributed by atoms with Crippen LogP contribution in [0.3, 0.4) is 0 Å². The third-order valence-electron chi connectivity index (χ3n) is 3.92. The summed E-state index contributed by atoms with van der Waals surface area (Å²) in [4.78, 5) is 25.8. The first-order valence-corrected chi connectivity index (χ1v) is 7.42. The van der Waals surface area contributed by atoms with Crippen molar-refractivity contribution in [3.8, 4) is 0 Å². The van der Waals surface area contributed by atoms with Crippen LogP contribution in [0.1, 0.15) is 40.5 Å². The number of carbonyl (C=O) groups is 2. The van der Waals surface area contributed by atoms with Gasteiger partial charge in [0.05, 0.1) is 0 Å². The third-order valence-corrected chi connectivity index (χ3v) is 3.92. The molecule has 0 spiro atoms. The quantitative estimate of drug-likeness (QED) is 0.835. The number of nitrogens with one attached hydrogen (secondary N) is 1. The average molecular weight is 326 g/mol. The molecular weight excluding hydrogens is 302 g/mol. The molecule has 1 unspecified atom stereocenters. The topological polar surface area (TPSA) is 75.4 Å². The fraction of sp³-hybridized carbons (Fsp3) is 0.500. The van der Waals surface area contributed by atoms with Crippen LogP contribution in [0.4, 0.5) is 0 Å². The minimum Gasteiger partial charge on any atom is -0.350 e. The summed E-state index contributed by atoms with van der Waals surface area (Å²) >= 11 is 0. The van der Waals surface area contributed by atoms with Crippen molar-refractivity contribution in [3.63, 3.8) is 0 Å². The van der Waals surface area contributed by atoms with E-state index >= 15 is 0 Å². The molecule has 0 bridgehead atoms. The van der Waals surface area contributed by atoms with Crippen LogP contribution in [-0.4, -0.2) is 42.9 Å². The van der Waals surface area contributed by atoms with Crippen molar-refractivity contribution >= 4 is 24.2 Å². The van der Waals surface area contributed by atoms with Crippen LogP contribution >= 0.6 is 12.4 Å². The van der Waals surface area contributed by atoms with E-state index in [2.05, 4.69) is 5.32 Å². The van der Waals surface area contributed by atoms with E-state index in [4.69, 9.17) is 5.73 Å². The van der Waals surface area contributed by atoms with Crippen LogP contribution in [0, 0.1) is 5.92 Å². The first-order valence-electron chi connectivity index (χ1n) is 7.42. The van der Waals surface area contributed by atoms with Crippen molar-refractivity contribution in [3.05, 3.63) is 35.4 Å². The van der Waals surface area contributed by atoms with Crippen LogP contribution in [-0.2, 0) is 0 Å². The molecular formula is C16H24ClN3O2. The van der Waals surface area contributed by atoms with Crippen molar-refractivity contribution in [1.82, 2.24) is 10.2 Å². The number of benzene rings is 1. The van der Waals surface area contributed by atoms with E-state index in [9.17, 15) is 9.59 Å². The standard InChI is InChI=1S/C16H23N3O2.ClH/c1-3-19(2)16(21)13-6-4-5-12(9-13)15(20)18-10-14(17)11-7-8-11;/h4-6,9,11,14H,3,7-8,10,17H2,1-2H3,(H,18,20);1H. The molecule has 0 aromatic heterocycles. The minimum absolute atomic E-state index is 0. The molecule has 0 saturated heterocycles. The molecule has 1 saturated carbocycles. The molecule has 1 fully saturated rings. The highest BCUT2D eigenvalue weighted by Gasteiger charge is 2.28. The third kappa shape index (κ3) is 4.71. The highest BCUT2D eigenvalue weighted by atomic mass is 35.5. The minimum atomic E-state index is -0.181. The van der Waals surface area contributed by atoms with E-state index in [1.165, 1.54) is 0 Å². The normalized spacial score (nSPS) is 14.7. The second kappa shape index (κ2) is 8.15. The zero-order valence-electron chi connectivity index (χ0n) is 13.0. The maximum atomic E-state index is 12.1. The monoisotopic (exact) mass is 325 g/mol. The van der Waals surface area contributed by atoms with Gasteiger partial charge in [0.1, 0.15) is 0 Å². The van der Waals surface area contributed by atoms with Crippen molar-refractivity contribution in [2.75, 3.05) is 20.1 Å². The summed E-state index contributed by atoms with van der Waals surface area (Å²) in [5.41, 5.74) is 6.99. The molecule has 0 aliphatic heterocycles. The van der Waals surface area contributed by atoms with Crippen LogP contribution in [0.25, 0.3) is 0 Å². The maximum Gasteiger partial charge on any atom is 0.253 e. The summed E-state index contributed by atoms with van der Waals surface area (Å²) in [6.07, 6.45) is 2.31. The molecule has 122 valence electrons. The van der Waals surface area contributed by atoms with Gasteiger partial charge in [-0.15, -0.1) is 12.4 Å². The summed E-state index contributed by atoms with van der Waals surface area (Å²) in [5.74, 6) is 0.290. The zero-order valence-corrected chi connectivity index (χ0v) is 13.9. The van der Waals surface area contributed by atoms with Crippen molar-refractivity contribution in [2.24, 2.45) is 11.7 Å². The summed E-state index contributed by atoms with van der Waals surface area (Å²) < 4.78 is 0. The van der Waals surface area contributed by atoms with Gasteiger partial charge in [-0.05, 0) is 43.9 Å². The Labute approximate surface area is 137 Å². The number of nitrogens with two attached hydrogens (primary N) is 1. The molecule has 5 nitrogen and oxygen atoms in total. The number of halogens is 1. The van der Waals surface area contributed by atoms with Gasteiger partial charge in [0.2, 0.25) is 0 Å². The van der Waals surface area contributed by atoms with Gasteiger partial charge in [0.25, 0.3) is 11.8 Å². The van der Waals surface area contributed by atoms with Gasteiger partial charge in [-0.1, -0.05) is 6.07 Å². The molecule has 1 atom stereocenters. The Hall–Kier alpha value is -1.59. The smallest absolute Gasteiger partial charge is 0.253 e. The number of rotatable bonds is 6. The summed E-state index contributed by atoms with van der Waals surface area (Å²) in [5, 5.41) is 2.84. The second-order valence-corrected chi connectivity index (χ2v) is 5.61. The SMILES string of the molecule is CCN(C)C(=O)c1cccc(C(=O)NCC(N)C2CC2)c1.Cl. The molecule has 2 amide bonds. The van der Waals surface area contributed by atoms with E-state index < -0.39 is 0 Å². The molecule has 0 radical (unpaired) electrons. The Kier molecular flexibility index (Phi) is 6.84. The van der Waals surface area contributed by atoms with E-state index in [1.807, 2.05) is 6.92 Å². The van der Waals surface area contributed by atoms with Crippen molar-refractivity contribution < 1.29 is 9.59 Å². The zero-order chi connectivity index (χ0) is 15.4. The lowest BCUT2D eigenvalue weighted by atomic mass is 10.1. The van der Waals surface area contributed by atoms with Gasteiger partial charge in [0, 0.05) is 37.3 Å². The molecule has 6 heteroatoms. The Balaban J connectivity index is 0.00000242. The van der Waals surface area contributed by atoms with Crippen LogP contribution < -0.4 is 11.1 Å². The number of amides is 2. The van der Waals surface area contributed by atoms with Gasteiger partial charge < -0.3 is 16.0 Å². The van der Waals surface area contributed by atoms with Gasteiger partial charge in [-0.3, -0.25) is 9.59 Å². The summed E-state index contributed by atoms with van der Waals surface area (Å²) in [7, 11) is 1.74. The molecule has 0 heterocycles. The van der Waals surface area contributed by atoms with E-state index in [-0.39, 0.29) is 30.3 Å². The van der Waals surface area contributed by atoms with Crippen LogP contribution in [0.5, 0.6) is 0 Å². The predicted molar refractivity (Wildman–Crippen MR) is 89.4 cm³/mol. The number of hydrogen-bond acceptors (Lipinski definition) is 3. The molecule has 1 aromatic carbocycles. The molecule has 1 aromatic rings. The highest BCUT2D eigenvalue weighted by molar-refractivity contribution is 5.99. The molecule has 1 aliphatic rings. The Morgan fingerprint density at radius 3 is 2.59 bits per heavy atom. The van der Waals surface area contributed by atoms with Gasteiger partial charge in [-0.25, -0.2) is 0 Å². The fourth-order valence-corrected chi connectivity index (χ4v) is 2.16. The predicted octanol–water partition coefficient (Wildman–Crippen LogP) is 1.67. The molecule has 1 aliphatic carbocycles. The summed E-state index contributed by atoms with van der Waals surface area (Å²) in [6, 6.07) is 6.82. The first kappa shape index (κ1) is 18.5. The number of hydrogen-bond donors (Lipinski definition) is 2. The molecule has 22 heavy (non-hydrogen) atoms. The maximum absolute atomic E-state index is 12.1. The fourth-order valence-electron chi connectivity index (χ4n) is 2.16. The molecule has 2 rings (SSSR count). The Morgan fingerprint density at radius 2 is 2.00 bits per heavy atom. The Bertz CT molecular complexity index is 532. The first-order chi connectivity index (χ1) is 10.0. The van der Waals surface area contributed by atoms with Crippen LogP contribution in [0.2, 0.25) is 0 Å². The van der Waals surface area contributed by atoms with Gasteiger partial charge >= 0.3 is 0 Å².